The highest BCUT2D eigenvalue weighted by molar-refractivity contribution is 5.94. The van der Waals surface area contributed by atoms with E-state index in [0.717, 1.165) is 22.3 Å². The summed E-state index contributed by atoms with van der Waals surface area (Å²) < 4.78 is 6.10. The highest BCUT2D eigenvalue weighted by Gasteiger charge is 2.50. The van der Waals surface area contributed by atoms with Gasteiger partial charge in [0.2, 0.25) is 5.91 Å². The van der Waals surface area contributed by atoms with Crippen molar-refractivity contribution in [3.8, 4) is 0 Å². The van der Waals surface area contributed by atoms with Crippen LogP contribution in [0.5, 0.6) is 0 Å². The van der Waals surface area contributed by atoms with Gasteiger partial charge in [-0.1, -0.05) is 62.4 Å². The van der Waals surface area contributed by atoms with Crippen LogP contribution in [0.15, 0.2) is 65.7 Å². The van der Waals surface area contributed by atoms with Crippen LogP contribution >= 0.6 is 0 Å². The zero-order chi connectivity index (χ0) is 22.0. The normalized spacial score (nSPS) is 20.7. The molecule has 2 aliphatic rings. The number of hydrogen-bond donors (Lipinski definition) is 1. The Morgan fingerprint density at radius 2 is 1.84 bits per heavy atom. The Morgan fingerprint density at radius 3 is 2.55 bits per heavy atom. The maximum Gasteiger partial charge on any atom is 0.335 e. The molecule has 2 aromatic carbocycles. The highest BCUT2D eigenvalue weighted by atomic mass is 16.6. The van der Waals surface area contributed by atoms with Crippen molar-refractivity contribution in [1.82, 2.24) is 4.90 Å². The van der Waals surface area contributed by atoms with Crippen molar-refractivity contribution < 1.29 is 14.3 Å². The molecule has 0 aromatic heterocycles. The number of rotatable bonds is 6. The lowest BCUT2D eigenvalue weighted by Gasteiger charge is -2.37. The number of carbonyl (C=O) groups is 2. The molecule has 162 valence electrons. The van der Waals surface area contributed by atoms with Crippen LogP contribution in [0.2, 0.25) is 0 Å². The molecule has 0 aliphatic carbocycles. The van der Waals surface area contributed by atoms with Gasteiger partial charge in [-0.3, -0.25) is 4.79 Å². The summed E-state index contributed by atoms with van der Waals surface area (Å²) in [6.07, 6.45) is 2.25. The second-order valence-corrected chi connectivity index (χ2v) is 8.90. The fourth-order valence-electron chi connectivity index (χ4n) is 4.81. The number of amides is 1. The summed E-state index contributed by atoms with van der Waals surface area (Å²) in [6, 6.07) is 17.6. The lowest BCUT2D eigenvalue weighted by Crippen LogP contribution is -2.42. The Kier molecular flexibility index (Phi) is 5.86. The highest BCUT2D eigenvalue weighted by Crippen LogP contribution is 2.48. The van der Waals surface area contributed by atoms with Crippen molar-refractivity contribution >= 4 is 17.6 Å². The van der Waals surface area contributed by atoms with E-state index in [4.69, 9.17) is 10.5 Å². The first-order valence-corrected chi connectivity index (χ1v) is 11.0. The number of hydrogen-bond acceptors (Lipinski definition) is 4. The van der Waals surface area contributed by atoms with Crippen molar-refractivity contribution in [2.24, 2.45) is 5.92 Å². The SMILES string of the molecule is CC(C)CC1(c2ccccc2)OC(=O)C2=C1CN(C(=O)CCc1ccccc1N)CC2. The Bertz CT molecular complexity index is 1010. The first-order chi connectivity index (χ1) is 14.9. The van der Waals surface area contributed by atoms with E-state index in [0.29, 0.717) is 50.4 Å². The summed E-state index contributed by atoms with van der Waals surface area (Å²) >= 11 is 0. The van der Waals surface area contributed by atoms with Gasteiger partial charge in [0.05, 0.1) is 0 Å². The average Bonchev–Trinajstić information content (AvgIpc) is 3.05. The van der Waals surface area contributed by atoms with Crippen LogP contribution < -0.4 is 5.73 Å². The van der Waals surface area contributed by atoms with Gasteiger partial charge < -0.3 is 15.4 Å². The molecular formula is C26H30N2O3. The van der Waals surface area contributed by atoms with Gasteiger partial charge >= 0.3 is 5.97 Å². The van der Waals surface area contributed by atoms with Crippen molar-refractivity contribution in [2.75, 3.05) is 18.8 Å². The van der Waals surface area contributed by atoms with E-state index in [-0.39, 0.29) is 11.9 Å². The molecule has 4 rings (SSSR count). The Hall–Kier alpha value is -3.08. The zero-order valence-electron chi connectivity index (χ0n) is 18.3. The minimum absolute atomic E-state index is 0.0839. The van der Waals surface area contributed by atoms with E-state index < -0.39 is 5.60 Å². The van der Waals surface area contributed by atoms with E-state index in [1.54, 1.807) is 0 Å². The molecule has 0 radical (unpaired) electrons. The monoisotopic (exact) mass is 418 g/mol. The van der Waals surface area contributed by atoms with E-state index in [1.807, 2.05) is 59.5 Å². The van der Waals surface area contributed by atoms with Crippen molar-refractivity contribution in [3.63, 3.8) is 0 Å². The smallest absolute Gasteiger partial charge is 0.335 e. The molecule has 2 N–H and O–H groups in total. The number of nitrogen functional groups attached to an aromatic ring is 1. The van der Waals surface area contributed by atoms with Gasteiger partial charge in [-0.05, 0) is 42.4 Å². The minimum Gasteiger partial charge on any atom is -0.446 e. The molecule has 5 nitrogen and oxygen atoms in total. The zero-order valence-corrected chi connectivity index (χ0v) is 18.3. The van der Waals surface area contributed by atoms with Crippen molar-refractivity contribution in [2.45, 2.75) is 45.1 Å². The summed E-state index contributed by atoms with van der Waals surface area (Å²) in [7, 11) is 0. The first kappa shape index (κ1) is 21.2. The first-order valence-electron chi connectivity index (χ1n) is 11.0. The van der Waals surface area contributed by atoms with Gasteiger partial charge in [0.25, 0.3) is 0 Å². The van der Waals surface area contributed by atoms with Crippen LogP contribution in [0, 0.1) is 5.92 Å². The van der Waals surface area contributed by atoms with E-state index >= 15 is 0 Å². The molecule has 0 fully saturated rings. The fourth-order valence-corrected chi connectivity index (χ4v) is 4.81. The van der Waals surface area contributed by atoms with Gasteiger partial charge in [0, 0.05) is 36.3 Å². The fraction of sp³-hybridized carbons (Fsp3) is 0.385. The summed E-state index contributed by atoms with van der Waals surface area (Å²) in [5, 5.41) is 0. The van der Waals surface area contributed by atoms with Crippen molar-refractivity contribution in [3.05, 3.63) is 76.9 Å². The van der Waals surface area contributed by atoms with Gasteiger partial charge in [-0.2, -0.15) is 0 Å². The molecule has 1 atom stereocenters. The van der Waals surface area contributed by atoms with Gasteiger partial charge in [0.1, 0.15) is 0 Å². The van der Waals surface area contributed by atoms with E-state index in [9.17, 15) is 9.59 Å². The molecule has 1 unspecified atom stereocenters. The van der Waals surface area contributed by atoms with E-state index in [1.165, 1.54) is 0 Å². The quantitative estimate of drug-likeness (QED) is 0.563. The molecule has 0 bridgehead atoms. The predicted octanol–water partition coefficient (Wildman–Crippen LogP) is 4.23. The molecule has 1 amide bonds. The Morgan fingerprint density at radius 1 is 1.13 bits per heavy atom. The van der Waals surface area contributed by atoms with Crippen LogP contribution in [0.1, 0.15) is 44.2 Å². The predicted molar refractivity (Wildman–Crippen MR) is 121 cm³/mol. The number of aryl methyl sites for hydroxylation is 1. The molecule has 2 aromatic rings. The molecule has 31 heavy (non-hydrogen) atoms. The van der Waals surface area contributed by atoms with Crippen LogP contribution in [-0.4, -0.2) is 29.9 Å². The Labute approximate surface area is 183 Å². The second-order valence-electron chi connectivity index (χ2n) is 8.90. The molecule has 2 aliphatic heterocycles. The number of carbonyl (C=O) groups excluding carboxylic acids is 2. The lowest BCUT2D eigenvalue weighted by atomic mass is 9.77. The van der Waals surface area contributed by atoms with E-state index in [2.05, 4.69) is 13.8 Å². The van der Waals surface area contributed by atoms with Crippen LogP contribution in [-0.2, 0) is 26.3 Å². The number of ether oxygens (including phenoxy) is 1. The molecule has 5 heteroatoms. The number of anilines is 1. The van der Waals surface area contributed by atoms with Gasteiger partial charge in [0.15, 0.2) is 5.60 Å². The standard InChI is InChI=1S/C26H30N2O3/c1-18(2)16-26(20-9-4-3-5-10-20)22-17-28(15-14-21(22)25(30)31-26)24(29)13-12-19-8-6-7-11-23(19)27/h3-11,18H,12-17,27H2,1-2H3. The summed E-state index contributed by atoms with van der Waals surface area (Å²) in [5.74, 6) is 0.177. The Balaban J connectivity index is 1.58. The molecular weight excluding hydrogens is 388 g/mol. The number of benzene rings is 2. The number of nitrogens with zero attached hydrogens (tertiary/aromatic N) is 1. The van der Waals surface area contributed by atoms with Crippen molar-refractivity contribution in [1.29, 1.82) is 0 Å². The molecule has 0 spiro atoms. The minimum atomic E-state index is -0.787. The summed E-state index contributed by atoms with van der Waals surface area (Å²) in [6.45, 7) is 5.25. The molecule has 2 heterocycles. The molecule has 0 saturated heterocycles. The topological polar surface area (TPSA) is 72.6 Å². The third-order valence-corrected chi connectivity index (χ3v) is 6.30. The summed E-state index contributed by atoms with van der Waals surface area (Å²) in [5.41, 5.74) is 9.64. The number of nitrogens with two attached hydrogens (primary N) is 1. The summed E-state index contributed by atoms with van der Waals surface area (Å²) in [4.78, 5) is 27.7. The average molecular weight is 419 g/mol. The number of para-hydroxylation sites is 1. The lowest BCUT2D eigenvalue weighted by molar-refractivity contribution is -0.149. The number of cyclic esters (lactones) is 1. The molecule has 0 saturated carbocycles. The van der Waals surface area contributed by atoms with Crippen LogP contribution in [0.25, 0.3) is 0 Å². The van der Waals surface area contributed by atoms with Gasteiger partial charge in [-0.15, -0.1) is 0 Å². The maximum absolute atomic E-state index is 13.1. The third kappa shape index (κ3) is 4.09. The largest absolute Gasteiger partial charge is 0.446 e. The maximum atomic E-state index is 13.1. The van der Waals surface area contributed by atoms with Gasteiger partial charge in [-0.25, -0.2) is 4.79 Å². The number of esters is 1. The van der Waals surface area contributed by atoms with Crippen LogP contribution in [0.4, 0.5) is 5.69 Å². The van der Waals surface area contributed by atoms with Crippen LogP contribution in [0.3, 0.4) is 0 Å². The third-order valence-electron chi connectivity index (χ3n) is 6.30. The second kappa shape index (κ2) is 8.58.